The highest BCUT2D eigenvalue weighted by Crippen LogP contribution is 1.94. The number of ether oxygens (including phenoxy) is 2. The molecule has 0 fully saturated rings. The molecule has 0 aliphatic rings. The lowest BCUT2D eigenvalue weighted by Crippen LogP contribution is -2.16. The number of likely N-dealkylation sites (N-methyl/N-ethyl adjacent to an activating group) is 1. The SMILES string of the molecule is CC(C)OC(=O)OC(=O)/C=C/CN(C)C. The van der Waals surface area contributed by atoms with E-state index in [1.807, 2.05) is 19.0 Å². The van der Waals surface area contributed by atoms with Gasteiger partial charge in [-0.2, -0.15) is 0 Å². The van der Waals surface area contributed by atoms with E-state index in [2.05, 4.69) is 9.47 Å². The van der Waals surface area contributed by atoms with Crippen LogP contribution in [-0.2, 0) is 14.3 Å². The van der Waals surface area contributed by atoms with Crippen LogP contribution in [0.2, 0.25) is 0 Å². The topological polar surface area (TPSA) is 55.8 Å². The summed E-state index contributed by atoms with van der Waals surface area (Å²) in [5.74, 6) is -0.720. The summed E-state index contributed by atoms with van der Waals surface area (Å²) in [6, 6.07) is 0. The zero-order valence-electron chi connectivity index (χ0n) is 9.52. The Morgan fingerprint density at radius 2 is 1.93 bits per heavy atom. The second-order valence-electron chi connectivity index (χ2n) is 3.50. The van der Waals surface area contributed by atoms with Gasteiger partial charge in [-0.15, -0.1) is 0 Å². The molecule has 0 aromatic carbocycles. The van der Waals surface area contributed by atoms with Crippen molar-refractivity contribution in [3.05, 3.63) is 12.2 Å². The monoisotopic (exact) mass is 215 g/mol. The Hall–Kier alpha value is -1.36. The fourth-order valence-corrected chi connectivity index (χ4v) is 0.692. The minimum absolute atomic E-state index is 0.295. The number of carbonyl (C=O) groups is 2. The second kappa shape index (κ2) is 7.00. The summed E-state index contributed by atoms with van der Waals surface area (Å²) in [4.78, 5) is 23.7. The van der Waals surface area contributed by atoms with Gasteiger partial charge in [-0.05, 0) is 27.9 Å². The van der Waals surface area contributed by atoms with Gasteiger partial charge >= 0.3 is 12.1 Å². The van der Waals surface area contributed by atoms with Crippen LogP contribution < -0.4 is 0 Å². The largest absolute Gasteiger partial charge is 0.516 e. The quantitative estimate of drug-likeness (QED) is 0.400. The molecule has 0 spiro atoms. The highest BCUT2D eigenvalue weighted by molar-refractivity contribution is 5.89. The minimum atomic E-state index is -0.968. The standard InChI is InChI=1S/C10H17NO4/c1-8(2)14-10(13)15-9(12)6-5-7-11(3)4/h5-6,8H,7H2,1-4H3/b6-5+. The predicted molar refractivity (Wildman–Crippen MR) is 55.4 cm³/mol. The summed E-state index contributed by atoms with van der Waals surface area (Å²) in [6.45, 7) is 3.95. The first-order valence-electron chi connectivity index (χ1n) is 4.65. The van der Waals surface area contributed by atoms with Gasteiger partial charge in [0.15, 0.2) is 0 Å². The third kappa shape index (κ3) is 8.96. The van der Waals surface area contributed by atoms with Crippen molar-refractivity contribution in [2.45, 2.75) is 20.0 Å². The molecule has 86 valence electrons. The van der Waals surface area contributed by atoms with Crippen LogP contribution in [0.5, 0.6) is 0 Å². The van der Waals surface area contributed by atoms with E-state index in [0.29, 0.717) is 6.54 Å². The van der Waals surface area contributed by atoms with Crippen molar-refractivity contribution in [3.63, 3.8) is 0 Å². The number of esters is 1. The van der Waals surface area contributed by atoms with Crippen LogP contribution >= 0.6 is 0 Å². The molecule has 0 aliphatic carbocycles. The molecule has 0 rings (SSSR count). The molecule has 0 unspecified atom stereocenters. The Bertz CT molecular complexity index is 246. The van der Waals surface area contributed by atoms with Gasteiger partial charge < -0.3 is 14.4 Å². The molecular weight excluding hydrogens is 198 g/mol. The smallest absolute Gasteiger partial charge is 0.431 e. The fourth-order valence-electron chi connectivity index (χ4n) is 0.692. The van der Waals surface area contributed by atoms with Crippen LogP contribution in [0, 0.1) is 0 Å². The molecule has 0 amide bonds. The number of hydrogen-bond donors (Lipinski definition) is 0. The molecule has 15 heavy (non-hydrogen) atoms. The molecule has 0 radical (unpaired) electrons. The number of nitrogens with zero attached hydrogens (tertiary/aromatic N) is 1. The van der Waals surface area contributed by atoms with Gasteiger partial charge in [0.1, 0.15) is 0 Å². The molecule has 0 aliphatic heterocycles. The Kier molecular flexibility index (Phi) is 6.37. The summed E-state index contributed by atoms with van der Waals surface area (Å²) in [5.41, 5.74) is 0. The van der Waals surface area contributed by atoms with Crippen molar-refractivity contribution in [1.82, 2.24) is 4.90 Å². The van der Waals surface area contributed by atoms with Crippen LogP contribution in [0.3, 0.4) is 0 Å². The maximum absolute atomic E-state index is 11.0. The maximum atomic E-state index is 11.0. The summed E-state index contributed by atoms with van der Waals surface area (Å²) < 4.78 is 8.96. The zero-order chi connectivity index (χ0) is 11.8. The number of carbonyl (C=O) groups excluding carboxylic acids is 2. The van der Waals surface area contributed by atoms with Crippen molar-refractivity contribution in [2.75, 3.05) is 20.6 Å². The van der Waals surface area contributed by atoms with E-state index < -0.39 is 12.1 Å². The van der Waals surface area contributed by atoms with Gasteiger partial charge in [-0.25, -0.2) is 9.59 Å². The molecular formula is C10H17NO4. The van der Waals surface area contributed by atoms with E-state index in [9.17, 15) is 9.59 Å². The van der Waals surface area contributed by atoms with Gasteiger partial charge in [0.25, 0.3) is 0 Å². The van der Waals surface area contributed by atoms with Gasteiger partial charge in [-0.3, -0.25) is 0 Å². The molecule has 5 heteroatoms. The van der Waals surface area contributed by atoms with Crippen LogP contribution in [0.15, 0.2) is 12.2 Å². The third-order valence-electron chi connectivity index (χ3n) is 1.24. The lowest BCUT2D eigenvalue weighted by molar-refractivity contribution is -0.134. The van der Waals surface area contributed by atoms with Gasteiger partial charge in [0, 0.05) is 12.6 Å². The third-order valence-corrected chi connectivity index (χ3v) is 1.24. The normalized spacial score (nSPS) is 11.1. The molecule has 0 aromatic heterocycles. The van der Waals surface area contributed by atoms with Crippen molar-refractivity contribution in [2.24, 2.45) is 0 Å². The average molecular weight is 215 g/mol. The summed E-state index contributed by atoms with van der Waals surface area (Å²) in [5, 5.41) is 0. The fraction of sp³-hybridized carbons (Fsp3) is 0.600. The van der Waals surface area contributed by atoms with Crippen molar-refractivity contribution >= 4 is 12.1 Å². The zero-order valence-corrected chi connectivity index (χ0v) is 9.52. The van der Waals surface area contributed by atoms with Crippen LogP contribution in [-0.4, -0.2) is 43.8 Å². The van der Waals surface area contributed by atoms with Crippen molar-refractivity contribution in [1.29, 1.82) is 0 Å². The Morgan fingerprint density at radius 1 is 1.33 bits per heavy atom. The molecule has 0 aromatic rings. The molecule has 0 atom stereocenters. The molecule has 0 saturated carbocycles. The molecule has 5 nitrogen and oxygen atoms in total. The number of rotatable bonds is 4. The van der Waals surface area contributed by atoms with Crippen molar-refractivity contribution in [3.8, 4) is 0 Å². The predicted octanol–water partition coefficient (Wildman–Crippen LogP) is 1.19. The van der Waals surface area contributed by atoms with E-state index in [-0.39, 0.29) is 6.10 Å². The average Bonchev–Trinajstić information content (AvgIpc) is 2.00. The first-order valence-corrected chi connectivity index (χ1v) is 4.65. The highest BCUT2D eigenvalue weighted by Gasteiger charge is 2.10. The van der Waals surface area contributed by atoms with Crippen LogP contribution in [0.4, 0.5) is 4.79 Å². The van der Waals surface area contributed by atoms with Gasteiger partial charge in [0.2, 0.25) is 0 Å². The number of hydrogen-bond acceptors (Lipinski definition) is 5. The Labute approximate surface area is 89.6 Å². The minimum Gasteiger partial charge on any atom is -0.431 e. The van der Waals surface area contributed by atoms with E-state index in [4.69, 9.17) is 0 Å². The Balaban J connectivity index is 3.83. The molecule has 0 saturated heterocycles. The van der Waals surface area contributed by atoms with E-state index >= 15 is 0 Å². The van der Waals surface area contributed by atoms with E-state index in [1.54, 1.807) is 19.9 Å². The second-order valence-corrected chi connectivity index (χ2v) is 3.50. The first-order chi connectivity index (χ1) is 6.91. The van der Waals surface area contributed by atoms with Gasteiger partial charge in [0.05, 0.1) is 6.10 Å². The summed E-state index contributed by atoms with van der Waals surface area (Å²) >= 11 is 0. The van der Waals surface area contributed by atoms with Gasteiger partial charge in [-0.1, -0.05) is 6.08 Å². The first kappa shape index (κ1) is 13.6. The molecule has 0 bridgehead atoms. The lowest BCUT2D eigenvalue weighted by atomic mass is 10.5. The highest BCUT2D eigenvalue weighted by atomic mass is 16.7. The molecule has 0 N–H and O–H groups in total. The van der Waals surface area contributed by atoms with Crippen LogP contribution in [0.25, 0.3) is 0 Å². The maximum Gasteiger partial charge on any atom is 0.516 e. The van der Waals surface area contributed by atoms with Crippen LogP contribution in [0.1, 0.15) is 13.8 Å². The van der Waals surface area contributed by atoms with Crippen molar-refractivity contribution < 1.29 is 19.1 Å². The Morgan fingerprint density at radius 3 is 2.40 bits per heavy atom. The lowest BCUT2D eigenvalue weighted by Gasteiger charge is -2.06. The van der Waals surface area contributed by atoms with E-state index in [0.717, 1.165) is 0 Å². The summed E-state index contributed by atoms with van der Waals surface area (Å²) in [7, 11) is 3.73. The van der Waals surface area contributed by atoms with E-state index in [1.165, 1.54) is 6.08 Å². The molecule has 0 heterocycles. The summed E-state index contributed by atoms with van der Waals surface area (Å²) in [6.07, 6.45) is 1.53.